The molecule has 0 radical (unpaired) electrons. The van der Waals surface area contributed by atoms with E-state index in [0.29, 0.717) is 11.3 Å². The lowest BCUT2D eigenvalue weighted by Crippen LogP contribution is -2.50. The Morgan fingerprint density at radius 2 is 1.82 bits per heavy atom. The van der Waals surface area contributed by atoms with E-state index in [1.807, 2.05) is 18.4 Å². The van der Waals surface area contributed by atoms with Gasteiger partial charge in [-0.3, -0.25) is 4.79 Å². The number of carbonyl (C=O) groups is 2. The van der Waals surface area contributed by atoms with Crippen LogP contribution in [0.3, 0.4) is 0 Å². The number of nitrogens with one attached hydrogen (secondary N) is 1. The van der Waals surface area contributed by atoms with Crippen LogP contribution in [0.25, 0.3) is 10.2 Å². The highest BCUT2D eigenvalue weighted by atomic mass is 32.2. The van der Waals surface area contributed by atoms with Crippen LogP contribution in [0.5, 0.6) is 0 Å². The van der Waals surface area contributed by atoms with Gasteiger partial charge in [0.1, 0.15) is 0 Å². The van der Waals surface area contributed by atoms with Gasteiger partial charge in [0.25, 0.3) is 5.91 Å². The molecule has 34 heavy (non-hydrogen) atoms. The maximum absolute atomic E-state index is 13.0. The van der Waals surface area contributed by atoms with Crippen LogP contribution in [0.4, 0.5) is 10.5 Å². The second kappa shape index (κ2) is 10.3. The quantitative estimate of drug-likeness (QED) is 0.493. The van der Waals surface area contributed by atoms with E-state index in [9.17, 15) is 18.0 Å². The number of nitrogens with zero attached hydrogens (tertiary/aromatic N) is 3. The molecule has 12 heteroatoms. The highest BCUT2D eigenvalue weighted by Gasteiger charge is 2.30. The van der Waals surface area contributed by atoms with Crippen molar-refractivity contribution >= 4 is 61.0 Å². The molecule has 1 saturated heterocycles. The average Bonchev–Trinajstić information content (AvgIpc) is 3.27. The summed E-state index contributed by atoms with van der Waals surface area (Å²) in [5.41, 5.74) is 1.87. The van der Waals surface area contributed by atoms with Gasteiger partial charge in [-0.2, -0.15) is 4.31 Å². The third-order valence-corrected chi connectivity index (χ3v) is 9.24. The molecule has 1 aliphatic rings. The number of aromatic nitrogens is 1. The van der Waals surface area contributed by atoms with Crippen molar-refractivity contribution in [2.75, 3.05) is 44.4 Å². The summed E-state index contributed by atoms with van der Waals surface area (Å²) in [7, 11) is -3.73. The van der Waals surface area contributed by atoms with Crippen LogP contribution in [-0.4, -0.2) is 73.6 Å². The molecule has 0 saturated carbocycles. The Balaban J connectivity index is 1.41. The molecular formula is C22H24N4O5S3. The summed E-state index contributed by atoms with van der Waals surface area (Å²) in [5, 5.41) is 2.85. The fourth-order valence-electron chi connectivity index (χ4n) is 3.52. The molecule has 0 spiro atoms. The summed E-state index contributed by atoms with van der Waals surface area (Å²) in [6, 6.07) is 11.4. The topological polar surface area (TPSA) is 109 Å². The van der Waals surface area contributed by atoms with Crippen LogP contribution < -0.4 is 5.32 Å². The number of thioether (sulfide) groups is 1. The lowest BCUT2D eigenvalue weighted by molar-refractivity contribution is 0.0933. The van der Waals surface area contributed by atoms with Crippen molar-refractivity contribution < 1.29 is 22.7 Å². The Bertz CT molecular complexity index is 1300. The van der Waals surface area contributed by atoms with Gasteiger partial charge in [0.05, 0.1) is 21.7 Å². The summed E-state index contributed by atoms with van der Waals surface area (Å²) >= 11 is 3.13. The Morgan fingerprint density at radius 3 is 2.47 bits per heavy atom. The van der Waals surface area contributed by atoms with Crippen LogP contribution in [-0.2, 0) is 14.8 Å². The van der Waals surface area contributed by atoms with Gasteiger partial charge < -0.3 is 15.0 Å². The number of ether oxygens (including phenoxy) is 1. The van der Waals surface area contributed by atoms with E-state index in [4.69, 9.17) is 4.74 Å². The number of piperazine rings is 1. The molecule has 9 nitrogen and oxygen atoms in total. The Hall–Kier alpha value is -2.67. The van der Waals surface area contributed by atoms with Gasteiger partial charge >= 0.3 is 6.09 Å². The van der Waals surface area contributed by atoms with Crippen LogP contribution in [0.15, 0.2) is 51.7 Å². The Kier molecular flexibility index (Phi) is 7.41. The SMILES string of the molecule is CCOC(=O)N1CCN(S(=O)(=O)c2ccc(C(=O)Nc3ccc4nc(SC)sc4c3)cc2)CC1. The molecular weight excluding hydrogens is 496 g/mol. The molecule has 2 heterocycles. The number of hydrogen-bond donors (Lipinski definition) is 1. The Morgan fingerprint density at radius 1 is 1.12 bits per heavy atom. The van der Waals surface area contributed by atoms with Crippen LogP contribution >= 0.6 is 23.1 Å². The molecule has 2 aromatic carbocycles. The van der Waals surface area contributed by atoms with Gasteiger partial charge in [0.2, 0.25) is 10.0 Å². The lowest BCUT2D eigenvalue weighted by atomic mass is 10.2. The predicted octanol–water partition coefficient (Wildman–Crippen LogP) is 3.73. The van der Waals surface area contributed by atoms with E-state index < -0.39 is 16.1 Å². The van der Waals surface area contributed by atoms with Crippen molar-refractivity contribution in [3.8, 4) is 0 Å². The zero-order valence-electron chi connectivity index (χ0n) is 18.7. The van der Waals surface area contributed by atoms with Gasteiger partial charge in [-0.25, -0.2) is 18.2 Å². The first kappa shape index (κ1) is 24.5. The van der Waals surface area contributed by atoms with Gasteiger partial charge in [-0.1, -0.05) is 11.8 Å². The van der Waals surface area contributed by atoms with Crippen molar-refractivity contribution in [3.05, 3.63) is 48.0 Å². The van der Waals surface area contributed by atoms with E-state index in [2.05, 4.69) is 10.3 Å². The van der Waals surface area contributed by atoms with Crippen molar-refractivity contribution in [2.45, 2.75) is 16.2 Å². The number of benzene rings is 2. The van der Waals surface area contributed by atoms with Crippen LogP contribution in [0, 0.1) is 0 Å². The van der Waals surface area contributed by atoms with E-state index in [0.717, 1.165) is 14.6 Å². The monoisotopic (exact) mass is 520 g/mol. The summed E-state index contributed by atoms with van der Waals surface area (Å²) in [6.45, 7) is 2.89. The fourth-order valence-corrected chi connectivity index (χ4v) is 6.48. The predicted molar refractivity (Wildman–Crippen MR) is 133 cm³/mol. The van der Waals surface area contributed by atoms with Crippen molar-refractivity contribution in [3.63, 3.8) is 0 Å². The first-order valence-corrected chi connectivity index (χ1v) is 14.1. The second-order valence-corrected chi connectivity index (χ2v) is 11.5. The largest absolute Gasteiger partial charge is 0.450 e. The lowest BCUT2D eigenvalue weighted by Gasteiger charge is -2.33. The minimum absolute atomic E-state index is 0.101. The van der Waals surface area contributed by atoms with E-state index in [-0.39, 0.29) is 43.6 Å². The summed E-state index contributed by atoms with van der Waals surface area (Å²) in [6.07, 6.45) is 1.53. The second-order valence-electron chi connectivity index (χ2n) is 7.43. The van der Waals surface area contributed by atoms with Gasteiger partial charge in [-0.05, 0) is 55.6 Å². The third kappa shape index (κ3) is 5.19. The molecule has 0 unspecified atom stereocenters. The molecule has 0 aliphatic carbocycles. The minimum Gasteiger partial charge on any atom is -0.450 e. The van der Waals surface area contributed by atoms with Crippen LogP contribution in [0.2, 0.25) is 0 Å². The molecule has 1 aromatic heterocycles. The van der Waals surface area contributed by atoms with Crippen molar-refractivity contribution in [1.29, 1.82) is 0 Å². The zero-order chi connectivity index (χ0) is 24.3. The minimum atomic E-state index is -3.73. The first-order chi connectivity index (χ1) is 16.3. The molecule has 180 valence electrons. The number of amides is 2. The molecule has 0 bridgehead atoms. The number of hydrogen-bond acceptors (Lipinski definition) is 8. The highest BCUT2D eigenvalue weighted by molar-refractivity contribution is 8.00. The first-order valence-electron chi connectivity index (χ1n) is 10.6. The van der Waals surface area contributed by atoms with Gasteiger partial charge in [0, 0.05) is 37.4 Å². The number of sulfonamides is 1. The smallest absolute Gasteiger partial charge is 0.409 e. The number of rotatable bonds is 6. The van der Waals surface area contributed by atoms with Gasteiger partial charge in [0.15, 0.2) is 4.34 Å². The maximum atomic E-state index is 13.0. The third-order valence-electron chi connectivity index (χ3n) is 5.32. The maximum Gasteiger partial charge on any atom is 0.409 e. The van der Waals surface area contributed by atoms with Crippen LogP contribution in [0.1, 0.15) is 17.3 Å². The van der Waals surface area contributed by atoms with E-state index in [1.54, 1.807) is 36.1 Å². The highest BCUT2D eigenvalue weighted by Crippen LogP contribution is 2.30. The summed E-state index contributed by atoms with van der Waals surface area (Å²) < 4.78 is 34.2. The molecule has 1 fully saturated rings. The van der Waals surface area contributed by atoms with Crippen molar-refractivity contribution in [2.24, 2.45) is 0 Å². The number of carbonyl (C=O) groups excluding carboxylic acids is 2. The van der Waals surface area contributed by atoms with E-state index >= 15 is 0 Å². The molecule has 1 N–H and O–H groups in total. The molecule has 2 amide bonds. The molecule has 1 aliphatic heterocycles. The molecule has 4 rings (SSSR count). The van der Waals surface area contributed by atoms with Gasteiger partial charge in [-0.15, -0.1) is 11.3 Å². The zero-order valence-corrected chi connectivity index (χ0v) is 21.1. The Labute approximate surface area is 206 Å². The summed E-state index contributed by atoms with van der Waals surface area (Å²) in [5.74, 6) is -0.332. The normalized spacial score (nSPS) is 14.8. The standard InChI is InChI=1S/C22H24N4O5S3/c1-3-31-22(28)25-10-12-26(13-11-25)34(29,30)17-7-4-15(5-8-17)20(27)23-16-6-9-18-19(14-16)33-21(24-18)32-2/h4-9,14H,3,10-13H2,1-2H3,(H,23,27). The van der Waals surface area contributed by atoms with E-state index in [1.165, 1.54) is 33.5 Å². The number of thiazole rings is 1. The van der Waals surface area contributed by atoms with Crippen molar-refractivity contribution in [1.82, 2.24) is 14.2 Å². The molecule has 0 atom stereocenters. The molecule has 3 aromatic rings. The number of fused-ring (bicyclic) bond motifs is 1. The number of anilines is 1. The summed E-state index contributed by atoms with van der Waals surface area (Å²) in [4.78, 5) is 30.6. The average molecular weight is 521 g/mol. The fraction of sp³-hybridized carbons (Fsp3) is 0.318.